The van der Waals surface area contributed by atoms with Crippen molar-refractivity contribution in [2.75, 3.05) is 6.61 Å². The predicted molar refractivity (Wildman–Crippen MR) is 45.2 cm³/mol. The molecule has 2 aliphatic carbocycles. The number of aliphatic hydroxyl groups is 1. The van der Waals surface area contributed by atoms with Gasteiger partial charge in [0.05, 0.1) is 0 Å². The monoisotopic (exact) mass is 152 g/mol. The molecule has 0 aliphatic heterocycles. The summed E-state index contributed by atoms with van der Waals surface area (Å²) < 4.78 is 0. The molecule has 0 heterocycles. The summed E-state index contributed by atoms with van der Waals surface area (Å²) in [5.74, 6) is 2.42. The van der Waals surface area contributed by atoms with E-state index in [4.69, 9.17) is 5.11 Å². The van der Waals surface area contributed by atoms with Crippen LogP contribution in [0.4, 0.5) is 0 Å². The number of fused-ring (bicyclic) bond motifs is 1. The maximum Gasteiger partial charge on any atom is 0.0459 e. The van der Waals surface area contributed by atoms with Gasteiger partial charge in [-0.15, -0.1) is 0 Å². The molecule has 2 rings (SSSR count). The van der Waals surface area contributed by atoms with Crippen molar-refractivity contribution in [1.29, 1.82) is 0 Å². The molecular weight excluding hydrogens is 136 g/mol. The van der Waals surface area contributed by atoms with E-state index < -0.39 is 0 Å². The highest BCUT2D eigenvalue weighted by Gasteiger charge is 2.33. The molecule has 2 aliphatic rings. The van der Waals surface area contributed by atoms with Gasteiger partial charge >= 0.3 is 0 Å². The molecule has 1 heteroatoms. The van der Waals surface area contributed by atoms with Gasteiger partial charge in [0.25, 0.3) is 0 Å². The van der Waals surface area contributed by atoms with Gasteiger partial charge in [0.15, 0.2) is 0 Å². The van der Waals surface area contributed by atoms with E-state index in [1.807, 2.05) is 0 Å². The Balaban J connectivity index is 1.98. The molecule has 3 atom stereocenters. The molecule has 0 amide bonds. The molecule has 0 radical (unpaired) electrons. The Kier molecular flexibility index (Phi) is 1.99. The first-order chi connectivity index (χ1) is 5.40. The average molecular weight is 152 g/mol. The summed E-state index contributed by atoms with van der Waals surface area (Å²) in [4.78, 5) is 0. The van der Waals surface area contributed by atoms with Gasteiger partial charge in [0.2, 0.25) is 0 Å². The number of rotatable bonds is 1. The lowest BCUT2D eigenvalue weighted by Crippen LogP contribution is -2.08. The van der Waals surface area contributed by atoms with Crippen LogP contribution in [0.1, 0.15) is 25.7 Å². The molecule has 62 valence electrons. The van der Waals surface area contributed by atoms with Crippen molar-refractivity contribution in [3.63, 3.8) is 0 Å². The Bertz CT molecular complexity index is 146. The lowest BCUT2D eigenvalue weighted by Gasteiger charge is -2.19. The van der Waals surface area contributed by atoms with Crippen LogP contribution in [0, 0.1) is 17.8 Å². The van der Waals surface area contributed by atoms with E-state index in [9.17, 15) is 0 Å². The Labute approximate surface area is 68.1 Å². The lowest BCUT2D eigenvalue weighted by atomic mass is 9.86. The van der Waals surface area contributed by atoms with Gasteiger partial charge < -0.3 is 5.11 Å². The number of hydrogen-bond acceptors (Lipinski definition) is 1. The van der Waals surface area contributed by atoms with Crippen LogP contribution in [0.15, 0.2) is 12.2 Å². The summed E-state index contributed by atoms with van der Waals surface area (Å²) in [6, 6.07) is 0. The maximum atomic E-state index is 8.99. The summed E-state index contributed by atoms with van der Waals surface area (Å²) in [6.07, 6.45) is 9.68. The zero-order chi connectivity index (χ0) is 7.68. The van der Waals surface area contributed by atoms with E-state index in [2.05, 4.69) is 12.2 Å². The molecule has 1 fully saturated rings. The molecule has 11 heavy (non-hydrogen) atoms. The van der Waals surface area contributed by atoms with Crippen LogP contribution in [0.2, 0.25) is 0 Å². The Morgan fingerprint density at radius 1 is 1.09 bits per heavy atom. The van der Waals surface area contributed by atoms with Crippen LogP contribution >= 0.6 is 0 Å². The van der Waals surface area contributed by atoms with E-state index >= 15 is 0 Å². The highest BCUT2D eigenvalue weighted by Crippen LogP contribution is 2.42. The number of hydrogen-bond donors (Lipinski definition) is 1. The SMILES string of the molecule is OCC1C[C@H]2CC=CC[C@H]2C1. The van der Waals surface area contributed by atoms with Crippen molar-refractivity contribution in [3.8, 4) is 0 Å². The quantitative estimate of drug-likeness (QED) is 0.569. The third kappa shape index (κ3) is 1.34. The van der Waals surface area contributed by atoms with E-state index in [0.717, 1.165) is 11.8 Å². The topological polar surface area (TPSA) is 20.2 Å². The highest BCUT2D eigenvalue weighted by molar-refractivity contribution is 4.98. The first kappa shape index (κ1) is 7.35. The molecule has 1 N–H and O–H groups in total. The van der Waals surface area contributed by atoms with Crippen LogP contribution in [-0.2, 0) is 0 Å². The lowest BCUT2D eigenvalue weighted by molar-refractivity contribution is 0.225. The van der Waals surface area contributed by atoms with E-state index in [1.54, 1.807) is 0 Å². The van der Waals surface area contributed by atoms with Gasteiger partial charge in [-0.05, 0) is 43.4 Å². The van der Waals surface area contributed by atoms with Crippen molar-refractivity contribution >= 4 is 0 Å². The van der Waals surface area contributed by atoms with Gasteiger partial charge in [-0.2, -0.15) is 0 Å². The number of aliphatic hydroxyl groups excluding tert-OH is 1. The van der Waals surface area contributed by atoms with Crippen molar-refractivity contribution in [2.45, 2.75) is 25.7 Å². The average Bonchev–Trinajstić information content (AvgIpc) is 2.46. The second kappa shape index (κ2) is 2.98. The van der Waals surface area contributed by atoms with Crippen molar-refractivity contribution in [1.82, 2.24) is 0 Å². The van der Waals surface area contributed by atoms with E-state index in [0.29, 0.717) is 12.5 Å². The van der Waals surface area contributed by atoms with Crippen molar-refractivity contribution in [2.24, 2.45) is 17.8 Å². The Hall–Kier alpha value is -0.300. The first-order valence-corrected chi connectivity index (χ1v) is 4.66. The van der Waals surface area contributed by atoms with E-state index in [-0.39, 0.29) is 0 Å². The minimum atomic E-state index is 0.410. The third-order valence-electron chi connectivity index (χ3n) is 3.24. The summed E-state index contributed by atoms with van der Waals surface area (Å²) in [7, 11) is 0. The fourth-order valence-corrected chi connectivity index (χ4v) is 2.61. The van der Waals surface area contributed by atoms with Gasteiger partial charge in [0.1, 0.15) is 0 Å². The first-order valence-electron chi connectivity index (χ1n) is 4.66. The van der Waals surface area contributed by atoms with Gasteiger partial charge in [-0.1, -0.05) is 12.2 Å². The number of allylic oxidation sites excluding steroid dienone is 2. The molecular formula is C10H16O. The summed E-state index contributed by atoms with van der Waals surface area (Å²) in [5.41, 5.74) is 0. The highest BCUT2D eigenvalue weighted by atomic mass is 16.3. The molecule has 0 bridgehead atoms. The fraction of sp³-hybridized carbons (Fsp3) is 0.800. The summed E-state index contributed by atoms with van der Waals surface area (Å²) in [5, 5.41) is 8.99. The van der Waals surface area contributed by atoms with E-state index in [1.165, 1.54) is 25.7 Å². The molecule has 1 unspecified atom stereocenters. The third-order valence-corrected chi connectivity index (χ3v) is 3.24. The Morgan fingerprint density at radius 2 is 1.64 bits per heavy atom. The fourth-order valence-electron chi connectivity index (χ4n) is 2.61. The smallest absolute Gasteiger partial charge is 0.0459 e. The summed E-state index contributed by atoms with van der Waals surface area (Å²) >= 11 is 0. The molecule has 0 spiro atoms. The van der Waals surface area contributed by atoms with Crippen molar-refractivity contribution < 1.29 is 5.11 Å². The van der Waals surface area contributed by atoms with Crippen molar-refractivity contribution in [3.05, 3.63) is 12.2 Å². The maximum absolute atomic E-state index is 8.99. The molecule has 0 aromatic carbocycles. The zero-order valence-corrected chi connectivity index (χ0v) is 6.87. The second-order valence-corrected chi connectivity index (χ2v) is 3.98. The minimum absolute atomic E-state index is 0.410. The Morgan fingerprint density at radius 3 is 2.09 bits per heavy atom. The standard InChI is InChI=1S/C10H16O/c11-7-8-5-9-3-1-2-4-10(9)6-8/h1-2,8-11H,3-7H2/t8?,9-,10+. The summed E-state index contributed by atoms with van der Waals surface area (Å²) in [6.45, 7) is 0.410. The van der Waals surface area contributed by atoms with Crippen LogP contribution in [-0.4, -0.2) is 11.7 Å². The predicted octanol–water partition coefficient (Wildman–Crippen LogP) is 1.97. The largest absolute Gasteiger partial charge is 0.396 e. The minimum Gasteiger partial charge on any atom is -0.396 e. The van der Waals surface area contributed by atoms with Crippen LogP contribution < -0.4 is 0 Å². The molecule has 0 aromatic rings. The molecule has 0 saturated heterocycles. The zero-order valence-electron chi connectivity index (χ0n) is 6.87. The molecule has 1 saturated carbocycles. The molecule has 1 nitrogen and oxygen atoms in total. The van der Waals surface area contributed by atoms with Crippen LogP contribution in [0.3, 0.4) is 0 Å². The second-order valence-electron chi connectivity index (χ2n) is 3.98. The van der Waals surface area contributed by atoms with Gasteiger partial charge in [-0.3, -0.25) is 0 Å². The van der Waals surface area contributed by atoms with Gasteiger partial charge in [-0.25, -0.2) is 0 Å². The van der Waals surface area contributed by atoms with Crippen LogP contribution in [0.25, 0.3) is 0 Å². The van der Waals surface area contributed by atoms with Gasteiger partial charge in [0, 0.05) is 6.61 Å². The normalized spacial score (nSPS) is 42.5. The molecule has 0 aromatic heterocycles. The van der Waals surface area contributed by atoms with Crippen LogP contribution in [0.5, 0.6) is 0 Å².